The molecule has 0 saturated carbocycles. The van der Waals surface area contributed by atoms with Gasteiger partial charge < -0.3 is 9.13 Å². The smallest absolute Gasteiger partial charge is 0.266 e. The Balaban J connectivity index is 1.10. The molecule has 4 aromatic heterocycles. The first-order valence-electron chi connectivity index (χ1n) is 22.7. The van der Waals surface area contributed by atoms with Crippen molar-refractivity contribution in [2.45, 2.75) is 0 Å². The molecule has 322 valence electrons. The number of pyridine rings is 2. The van der Waals surface area contributed by atoms with E-state index in [9.17, 15) is 10.1 Å². The highest BCUT2D eigenvalue weighted by atomic mass is 16.2. The third kappa shape index (κ3) is 6.15. The van der Waals surface area contributed by atoms with E-state index in [0.29, 0.717) is 44.9 Å². The van der Waals surface area contributed by atoms with Crippen molar-refractivity contribution in [3.05, 3.63) is 235 Å². The molecule has 0 aliphatic carbocycles. The van der Waals surface area contributed by atoms with Crippen molar-refractivity contribution in [1.29, 1.82) is 5.26 Å². The number of hydrogen-bond acceptors (Lipinski definition) is 5. The molecular formula is C61H36N6O2. The second-order valence-electron chi connectivity index (χ2n) is 17.2. The minimum Gasteiger partial charge on any atom is -0.309 e. The van der Waals surface area contributed by atoms with Crippen molar-refractivity contribution < 1.29 is 9.59 Å². The maximum absolute atomic E-state index is 15.3. The first kappa shape index (κ1) is 39.6. The fourth-order valence-corrected chi connectivity index (χ4v) is 10.4. The number of para-hydroxylation sites is 3. The Hall–Kier alpha value is -9.71. The van der Waals surface area contributed by atoms with Gasteiger partial charge >= 0.3 is 0 Å². The molecule has 0 bridgehead atoms. The van der Waals surface area contributed by atoms with Crippen LogP contribution in [0.25, 0.3) is 99.8 Å². The molecule has 0 saturated heterocycles. The summed E-state index contributed by atoms with van der Waals surface area (Å²) in [5, 5.41) is 15.4. The first-order chi connectivity index (χ1) is 34.1. The average molecular weight is 885 g/mol. The van der Waals surface area contributed by atoms with E-state index in [1.54, 1.807) is 18.5 Å². The third-order valence-corrected chi connectivity index (χ3v) is 13.4. The van der Waals surface area contributed by atoms with Crippen LogP contribution >= 0.6 is 0 Å². The monoisotopic (exact) mass is 884 g/mol. The van der Waals surface area contributed by atoms with Crippen molar-refractivity contribution in [2.75, 3.05) is 4.90 Å². The highest BCUT2D eigenvalue weighted by Gasteiger charge is 2.40. The summed E-state index contributed by atoms with van der Waals surface area (Å²) in [6.07, 6.45) is 3.59. The average Bonchev–Trinajstić information content (AvgIpc) is 4.02. The zero-order valence-electron chi connectivity index (χ0n) is 36.8. The Morgan fingerprint density at radius 1 is 0.377 bits per heavy atom. The molecule has 0 spiro atoms. The number of rotatable bonds is 7. The van der Waals surface area contributed by atoms with Gasteiger partial charge in [0.15, 0.2) is 0 Å². The van der Waals surface area contributed by atoms with Crippen LogP contribution in [-0.4, -0.2) is 30.9 Å². The van der Waals surface area contributed by atoms with Crippen LogP contribution in [0.4, 0.5) is 5.69 Å². The number of nitrogens with zero attached hydrogens (tertiary/aromatic N) is 6. The van der Waals surface area contributed by atoms with Crippen molar-refractivity contribution in [3.63, 3.8) is 0 Å². The molecule has 1 aliphatic rings. The zero-order chi connectivity index (χ0) is 46.2. The standard InChI is InChI=1S/C61H36N6O2/c62-37-41-35-58(66-54-26-9-6-19-44(54)48-34-40(28-30-56(48)66)51-23-11-13-32-64-51)49(36-57(41)65-53-25-8-5-18-43(53)47-33-39(27-29-55(47)65)50-22-10-12-31-63-50)45-20-14-21-46-59(45)61(69)67(60(46)68)52-24-7-4-17-42(52)38-15-2-1-3-16-38/h1-36H. The van der Waals surface area contributed by atoms with Crippen molar-refractivity contribution in [3.8, 4) is 62.2 Å². The largest absolute Gasteiger partial charge is 0.309 e. The van der Waals surface area contributed by atoms with Crippen LogP contribution in [0.3, 0.4) is 0 Å². The van der Waals surface area contributed by atoms with Crippen LogP contribution in [0.15, 0.2) is 219 Å². The second-order valence-corrected chi connectivity index (χ2v) is 17.2. The minimum absolute atomic E-state index is 0.294. The van der Waals surface area contributed by atoms with E-state index >= 15 is 4.79 Å². The van der Waals surface area contributed by atoms with Gasteiger partial charge in [-0.1, -0.05) is 121 Å². The summed E-state index contributed by atoms with van der Waals surface area (Å²) in [6, 6.07) is 70.2. The Bertz CT molecular complexity index is 4130. The predicted molar refractivity (Wildman–Crippen MR) is 275 cm³/mol. The molecule has 12 aromatic rings. The molecule has 69 heavy (non-hydrogen) atoms. The normalized spacial score (nSPS) is 12.4. The SMILES string of the molecule is N#Cc1cc(-n2c3ccccc3c3cc(-c4ccccn4)ccc32)c(-c2cccc3c2C(=O)N(c2ccccc2-c2ccccc2)C3=O)cc1-n1c2ccccc2c2cc(-c3ccccn3)ccc21. The molecule has 8 heteroatoms. The Labute approximate surface area is 395 Å². The molecule has 8 aromatic carbocycles. The van der Waals surface area contributed by atoms with Crippen LogP contribution < -0.4 is 4.90 Å². The maximum atomic E-state index is 15.3. The lowest BCUT2D eigenvalue weighted by Gasteiger charge is -2.20. The fraction of sp³-hybridized carbons (Fsp3) is 0. The number of hydrogen-bond donors (Lipinski definition) is 0. The van der Waals surface area contributed by atoms with Gasteiger partial charge in [0.05, 0.1) is 67.2 Å². The van der Waals surface area contributed by atoms with E-state index in [2.05, 4.69) is 85.8 Å². The molecule has 5 heterocycles. The topological polar surface area (TPSA) is 96.8 Å². The quantitative estimate of drug-likeness (QED) is 0.149. The number of amides is 2. The van der Waals surface area contributed by atoms with Crippen LogP contribution in [0, 0.1) is 11.3 Å². The number of anilines is 1. The number of aromatic nitrogens is 4. The number of carbonyl (C=O) groups excluding carboxylic acids is 2. The van der Waals surface area contributed by atoms with Gasteiger partial charge in [0.25, 0.3) is 11.8 Å². The van der Waals surface area contributed by atoms with Gasteiger partial charge in [-0.05, 0) is 96.1 Å². The summed E-state index contributed by atoms with van der Waals surface area (Å²) < 4.78 is 4.32. The van der Waals surface area contributed by atoms with Crippen molar-refractivity contribution in [2.24, 2.45) is 0 Å². The van der Waals surface area contributed by atoms with Gasteiger partial charge in [-0.2, -0.15) is 5.26 Å². The van der Waals surface area contributed by atoms with E-state index in [1.807, 2.05) is 140 Å². The maximum Gasteiger partial charge on any atom is 0.266 e. The van der Waals surface area contributed by atoms with E-state index < -0.39 is 11.8 Å². The molecule has 13 rings (SSSR count). The highest BCUT2D eigenvalue weighted by molar-refractivity contribution is 6.37. The van der Waals surface area contributed by atoms with Gasteiger partial charge in [-0.15, -0.1) is 0 Å². The van der Waals surface area contributed by atoms with Crippen LogP contribution in [0.2, 0.25) is 0 Å². The Morgan fingerprint density at radius 2 is 0.913 bits per heavy atom. The molecule has 0 fully saturated rings. The van der Waals surface area contributed by atoms with Gasteiger partial charge in [0.2, 0.25) is 0 Å². The number of imide groups is 1. The molecular weight excluding hydrogens is 849 g/mol. The number of fused-ring (bicyclic) bond motifs is 7. The fourth-order valence-electron chi connectivity index (χ4n) is 10.4. The van der Waals surface area contributed by atoms with Gasteiger partial charge in [-0.25, -0.2) is 4.90 Å². The molecule has 0 radical (unpaired) electrons. The van der Waals surface area contributed by atoms with Gasteiger partial charge in [-0.3, -0.25) is 19.6 Å². The predicted octanol–water partition coefficient (Wildman–Crippen LogP) is 14.0. The molecule has 2 amide bonds. The van der Waals surface area contributed by atoms with E-state index in [1.165, 1.54) is 4.90 Å². The summed E-state index contributed by atoms with van der Waals surface area (Å²) >= 11 is 0. The molecule has 0 atom stereocenters. The first-order valence-corrected chi connectivity index (χ1v) is 22.7. The summed E-state index contributed by atoms with van der Waals surface area (Å²) in [5.41, 5.74) is 13.0. The van der Waals surface area contributed by atoms with E-state index in [4.69, 9.17) is 0 Å². The zero-order valence-corrected chi connectivity index (χ0v) is 36.8. The lowest BCUT2D eigenvalue weighted by atomic mass is 9.93. The summed E-state index contributed by atoms with van der Waals surface area (Å²) in [4.78, 5) is 40.8. The number of nitriles is 1. The molecule has 0 unspecified atom stereocenters. The van der Waals surface area contributed by atoms with Crippen LogP contribution in [0.5, 0.6) is 0 Å². The summed E-state index contributed by atoms with van der Waals surface area (Å²) in [7, 11) is 0. The van der Waals surface area contributed by atoms with Crippen LogP contribution in [0.1, 0.15) is 26.3 Å². The number of carbonyl (C=O) groups is 2. The lowest BCUT2D eigenvalue weighted by Crippen LogP contribution is -2.30. The summed E-state index contributed by atoms with van der Waals surface area (Å²) in [5.74, 6) is -0.826. The third-order valence-electron chi connectivity index (χ3n) is 13.4. The second kappa shape index (κ2) is 15.7. The van der Waals surface area contributed by atoms with Crippen LogP contribution in [-0.2, 0) is 0 Å². The Kier molecular flexibility index (Phi) is 9.04. The molecule has 8 nitrogen and oxygen atoms in total. The van der Waals surface area contributed by atoms with Crippen molar-refractivity contribution in [1.82, 2.24) is 19.1 Å². The molecule has 0 N–H and O–H groups in total. The van der Waals surface area contributed by atoms with Gasteiger partial charge in [0.1, 0.15) is 6.07 Å². The highest BCUT2D eigenvalue weighted by Crippen LogP contribution is 2.45. The van der Waals surface area contributed by atoms with E-state index in [0.717, 1.165) is 77.3 Å². The van der Waals surface area contributed by atoms with E-state index in [-0.39, 0.29) is 0 Å². The minimum atomic E-state index is -0.424. The van der Waals surface area contributed by atoms with Crippen molar-refractivity contribution >= 4 is 61.1 Å². The van der Waals surface area contributed by atoms with Gasteiger partial charge in [0, 0.05) is 56.2 Å². The molecule has 1 aliphatic heterocycles. The Morgan fingerprint density at radius 3 is 1.54 bits per heavy atom. The lowest BCUT2D eigenvalue weighted by molar-refractivity contribution is 0.0926. The number of benzene rings is 8. The summed E-state index contributed by atoms with van der Waals surface area (Å²) in [6.45, 7) is 0.